The largest absolute Gasteiger partial charge is 0.470 e. The minimum atomic E-state index is -0.187. The number of nitrogens with zero attached hydrogens (tertiary/aromatic N) is 1. The van der Waals surface area contributed by atoms with Crippen LogP contribution in [0, 0.1) is 0 Å². The summed E-state index contributed by atoms with van der Waals surface area (Å²) in [5, 5.41) is 0. The van der Waals surface area contributed by atoms with Crippen molar-refractivity contribution >= 4 is 5.90 Å². The lowest BCUT2D eigenvalue weighted by Gasteiger charge is -2.33. The zero-order chi connectivity index (χ0) is 10.0. The second-order valence-corrected chi connectivity index (χ2v) is 3.85. The average molecular weight is 189 g/mol. The zero-order valence-electron chi connectivity index (χ0n) is 8.66. The maximum atomic E-state index is 5.81. The van der Waals surface area contributed by atoms with Crippen LogP contribution in [0.5, 0.6) is 0 Å². The second-order valence-electron chi connectivity index (χ2n) is 3.85. The Bertz CT molecular complexity index is 345. The van der Waals surface area contributed by atoms with Gasteiger partial charge in [-0.25, -0.2) is 0 Å². The fourth-order valence-corrected chi connectivity index (χ4v) is 1.83. The lowest BCUT2D eigenvalue weighted by atomic mass is 9.91. The van der Waals surface area contributed by atoms with Gasteiger partial charge in [0.2, 0.25) is 0 Å². The van der Waals surface area contributed by atoms with Gasteiger partial charge in [-0.3, -0.25) is 4.99 Å². The Morgan fingerprint density at radius 3 is 2.64 bits per heavy atom. The van der Waals surface area contributed by atoms with Crippen LogP contribution in [0.4, 0.5) is 0 Å². The third kappa shape index (κ3) is 1.65. The smallest absolute Gasteiger partial charge is 0.181 e. The number of ether oxygens (including phenoxy) is 1. The van der Waals surface area contributed by atoms with Gasteiger partial charge in [-0.2, -0.15) is 0 Å². The molecular weight excluding hydrogens is 174 g/mol. The maximum Gasteiger partial charge on any atom is 0.181 e. The predicted octanol–water partition coefficient (Wildman–Crippen LogP) is 2.74. The highest BCUT2D eigenvalue weighted by Crippen LogP contribution is 2.31. The Labute approximate surface area is 84.6 Å². The molecule has 0 amide bonds. The summed E-state index contributed by atoms with van der Waals surface area (Å²) >= 11 is 0. The average Bonchev–Trinajstić information content (AvgIpc) is 2.19. The highest BCUT2D eigenvalue weighted by atomic mass is 16.5. The summed E-state index contributed by atoms with van der Waals surface area (Å²) in [6.07, 6.45) is 0.953. The van der Waals surface area contributed by atoms with Crippen molar-refractivity contribution in [1.82, 2.24) is 0 Å². The van der Waals surface area contributed by atoms with Crippen LogP contribution in [0.25, 0.3) is 0 Å². The van der Waals surface area contributed by atoms with E-state index in [4.69, 9.17) is 4.74 Å². The van der Waals surface area contributed by atoms with Crippen LogP contribution in [0.2, 0.25) is 0 Å². The van der Waals surface area contributed by atoms with Crippen molar-refractivity contribution in [3.8, 4) is 0 Å². The van der Waals surface area contributed by atoms with E-state index in [2.05, 4.69) is 24.0 Å². The van der Waals surface area contributed by atoms with Crippen molar-refractivity contribution in [1.29, 1.82) is 0 Å². The molecule has 1 aromatic carbocycles. The molecule has 2 rings (SSSR count). The van der Waals surface area contributed by atoms with E-state index < -0.39 is 0 Å². The number of hydrogen-bond acceptors (Lipinski definition) is 2. The quantitative estimate of drug-likeness (QED) is 0.665. The molecule has 0 aromatic heterocycles. The summed E-state index contributed by atoms with van der Waals surface area (Å²) in [5.74, 6) is 0.794. The molecule has 0 aliphatic carbocycles. The molecule has 0 N–H and O–H groups in total. The SMILES string of the molecule is CC1=NCCC(C)(c2ccccc2)O1. The standard InChI is InChI=1S/C12H15NO/c1-10-13-9-8-12(2,14-10)11-6-4-3-5-7-11/h3-7H,8-9H2,1-2H3. The fourth-order valence-electron chi connectivity index (χ4n) is 1.83. The Balaban J connectivity index is 2.30. The molecule has 2 heteroatoms. The van der Waals surface area contributed by atoms with E-state index in [9.17, 15) is 0 Å². The van der Waals surface area contributed by atoms with Gasteiger partial charge in [0.1, 0.15) is 5.60 Å². The molecule has 0 spiro atoms. The van der Waals surface area contributed by atoms with Crippen molar-refractivity contribution in [2.45, 2.75) is 25.9 Å². The van der Waals surface area contributed by atoms with Crippen LogP contribution in [0.1, 0.15) is 25.8 Å². The first-order valence-corrected chi connectivity index (χ1v) is 4.96. The molecule has 1 atom stereocenters. The molecular formula is C12H15NO. The van der Waals surface area contributed by atoms with Crippen LogP contribution in [0.15, 0.2) is 35.3 Å². The van der Waals surface area contributed by atoms with Crippen molar-refractivity contribution in [3.63, 3.8) is 0 Å². The number of rotatable bonds is 1. The molecule has 0 fully saturated rings. The fraction of sp³-hybridized carbons (Fsp3) is 0.417. The topological polar surface area (TPSA) is 21.6 Å². The van der Waals surface area contributed by atoms with Crippen molar-refractivity contribution in [3.05, 3.63) is 35.9 Å². The Morgan fingerprint density at radius 2 is 2.00 bits per heavy atom. The lowest BCUT2D eigenvalue weighted by Crippen LogP contribution is -2.32. The zero-order valence-corrected chi connectivity index (χ0v) is 8.66. The molecule has 74 valence electrons. The van der Waals surface area contributed by atoms with Gasteiger partial charge in [0.25, 0.3) is 0 Å². The first-order chi connectivity index (χ1) is 6.71. The van der Waals surface area contributed by atoms with Crippen molar-refractivity contribution in [2.75, 3.05) is 6.54 Å². The maximum absolute atomic E-state index is 5.81. The van der Waals surface area contributed by atoms with E-state index in [1.807, 2.05) is 25.1 Å². The molecule has 1 aliphatic heterocycles. The first-order valence-electron chi connectivity index (χ1n) is 4.96. The van der Waals surface area contributed by atoms with Gasteiger partial charge in [0.15, 0.2) is 5.90 Å². The third-order valence-electron chi connectivity index (χ3n) is 2.68. The molecule has 0 saturated heterocycles. The minimum Gasteiger partial charge on any atom is -0.470 e. The van der Waals surface area contributed by atoms with Gasteiger partial charge in [-0.1, -0.05) is 30.3 Å². The Morgan fingerprint density at radius 1 is 1.29 bits per heavy atom. The summed E-state index contributed by atoms with van der Waals surface area (Å²) < 4.78 is 5.81. The number of aliphatic imine (C=N–C) groups is 1. The molecule has 14 heavy (non-hydrogen) atoms. The summed E-state index contributed by atoms with van der Waals surface area (Å²) in [6.45, 7) is 4.90. The highest BCUT2D eigenvalue weighted by Gasteiger charge is 2.30. The molecule has 0 bridgehead atoms. The van der Waals surface area contributed by atoms with Crippen molar-refractivity contribution in [2.24, 2.45) is 4.99 Å². The highest BCUT2D eigenvalue weighted by molar-refractivity contribution is 5.74. The van der Waals surface area contributed by atoms with Gasteiger partial charge in [-0.05, 0) is 12.5 Å². The Kier molecular flexibility index (Phi) is 2.28. The van der Waals surface area contributed by atoms with E-state index in [1.165, 1.54) is 5.56 Å². The van der Waals surface area contributed by atoms with E-state index >= 15 is 0 Å². The van der Waals surface area contributed by atoms with Crippen LogP contribution in [0.3, 0.4) is 0 Å². The normalized spacial score (nSPS) is 26.6. The van der Waals surface area contributed by atoms with Gasteiger partial charge in [-0.15, -0.1) is 0 Å². The molecule has 0 radical (unpaired) electrons. The van der Waals surface area contributed by atoms with Crippen LogP contribution < -0.4 is 0 Å². The monoisotopic (exact) mass is 189 g/mol. The Hall–Kier alpha value is -1.31. The second kappa shape index (κ2) is 3.45. The van der Waals surface area contributed by atoms with Crippen LogP contribution >= 0.6 is 0 Å². The molecule has 1 aromatic rings. The third-order valence-corrected chi connectivity index (χ3v) is 2.68. The van der Waals surface area contributed by atoms with Gasteiger partial charge < -0.3 is 4.74 Å². The summed E-state index contributed by atoms with van der Waals surface area (Å²) in [6, 6.07) is 10.3. The van der Waals surface area contributed by atoms with Crippen molar-refractivity contribution < 1.29 is 4.74 Å². The predicted molar refractivity (Wildman–Crippen MR) is 57.5 cm³/mol. The molecule has 0 saturated carbocycles. The van der Waals surface area contributed by atoms with E-state index in [0.717, 1.165) is 18.9 Å². The summed E-state index contributed by atoms with van der Waals surface area (Å²) in [4.78, 5) is 4.25. The van der Waals surface area contributed by atoms with Crippen LogP contribution in [-0.4, -0.2) is 12.4 Å². The van der Waals surface area contributed by atoms with E-state index in [0.29, 0.717) is 0 Å². The summed E-state index contributed by atoms with van der Waals surface area (Å²) in [7, 11) is 0. The molecule has 1 heterocycles. The van der Waals surface area contributed by atoms with Gasteiger partial charge in [0.05, 0.1) is 0 Å². The van der Waals surface area contributed by atoms with Gasteiger partial charge in [0, 0.05) is 19.9 Å². The lowest BCUT2D eigenvalue weighted by molar-refractivity contribution is 0.0530. The minimum absolute atomic E-state index is 0.187. The summed E-state index contributed by atoms with van der Waals surface area (Å²) in [5.41, 5.74) is 1.04. The number of hydrogen-bond donors (Lipinski definition) is 0. The van der Waals surface area contributed by atoms with Gasteiger partial charge >= 0.3 is 0 Å². The number of benzene rings is 1. The van der Waals surface area contributed by atoms with E-state index in [1.54, 1.807) is 0 Å². The molecule has 1 aliphatic rings. The van der Waals surface area contributed by atoms with Crippen LogP contribution in [-0.2, 0) is 10.3 Å². The molecule has 1 unspecified atom stereocenters. The van der Waals surface area contributed by atoms with E-state index in [-0.39, 0.29) is 5.60 Å². The first kappa shape index (κ1) is 9.25. The molecule has 2 nitrogen and oxygen atoms in total.